The average Bonchev–Trinajstić information content (AvgIpc) is 3.02. The summed E-state index contributed by atoms with van der Waals surface area (Å²) in [5.41, 5.74) is 0. The number of rotatable bonds is 2. The van der Waals surface area contributed by atoms with E-state index in [0.29, 0.717) is 30.3 Å². The van der Waals surface area contributed by atoms with Crippen LogP contribution in [0.2, 0.25) is 0 Å². The number of alkyl halides is 2. The number of hydrogen-bond acceptors (Lipinski definition) is 2. The van der Waals surface area contributed by atoms with Gasteiger partial charge in [0.25, 0.3) is 0 Å². The Bertz CT molecular complexity index is 320. The number of hydrogen-bond donors (Lipinski definition) is 0. The lowest BCUT2D eigenvalue weighted by Gasteiger charge is -2.03. The molecule has 96 valence electrons. The van der Waals surface area contributed by atoms with Crippen LogP contribution in [0.5, 0.6) is 0 Å². The van der Waals surface area contributed by atoms with Gasteiger partial charge in [-0.2, -0.15) is 0 Å². The second-order valence-corrected chi connectivity index (χ2v) is 7.09. The number of halogens is 2. The molecule has 0 aromatic carbocycles. The minimum atomic E-state index is -0.462. The Labute approximate surface area is 112 Å². The molecule has 17 heavy (non-hydrogen) atoms. The summed E-state index contributed by atoms with van der Waals surface area (Å²) < 4.78 is 4.67. The van der Waals surface area contributed by atoms with Crippen molar-refractivity contribution in [3.63, 3.8) is 0 Å². The van der Waals surface area contributed by atoms with Crippen LogP contribution in [0, 0.1) is 29.6 Å². The maximum atomic E-state index is 11.7. The van der Waals surface area contributed by atoms with E-state index < -0.39 is 4.33 Å². The Morgan fingerprint density at radius 3 is 2.18 bits per heavy atom. The van der Waals surface area contributed by atoms with Crippen LogP contribution in [-0.4, -0.2) is 16.9 Å². The second-order valence-electron chi connectivity index (χ2n) is 5.65. The Balaban J connectivity index is 1.59. The third-order valence-corrected chi connectivity index (χ3v) is 6.00. The molecule has 3 aliphatic rings. The third-order valence-electron chi connectivity index (χ3n) is 4.88. The van der Waals surface area contributed by atoms with Gasteiger partial charge in [-0.1, -0.05) is 0 Å². The molecule has 2 nitrogen and oxygen atoms in total. The number of fused-ring (bicyclic) bond motifs is 2. The van der Waals surface area contributed by atoms with Gasteiger partial charge in [-0.15, -0.1) is 23.2 Å². The molecule has 4 heteroatoms. The third kappa shape index (κ3) is 1.88. The molecule has 4 unspecified atom stereocenters. The van der Waals surface area contributed by atoms with Crippen molar-refractivity contribution in [2.24, 2.45) is 29.6 Å². The van der Waals surface area contributed by atoms with Gasteiger partial charge in [-0.25, -0.2) is 0 Å². The van der Waals surface area contributed by atoms with Gasteiger partial charge in [0.1, 0.15) is 4.33 Å². The van der Waals surface area contributed by atoms with Crippen LogP contribution in [0.1, 0.15) is 32.6 Å². The zero-order valence-electron chi connectivity index (χ0n) is 9.99. The summed E-state index contributed by atoms with van der Waals surface area (Å²) in [5.74, 6) is 2.21. The van der Waals surface area contributed by atoms with E-state index in [2.05, 4.69) is 0 Å². The summed E-state index contributed by atoms with van der Waals surface area (Å²) >= 11 is 12.5. The van der Waals surface area contributed by atoms with Crippen molar-refractivity contribution < 1.29 is 9.53 Å². The van der Waals surface area contributed by atoms with Crippen LogP contribution in [-0.2, 0) is 9.53 Å². The Hall–Kier alpha value is 0.0500. The van der Waals surface area contributed by atoms with Gasteiger partial charge in [-0.3, -0.25) is 4.79 Å². The first-order valence-electron chi connectivity index (χ1n) is 6.61. The van der Waals surface area contributed by atoms with Crippen molar-refractivity contribution in [3.8, 4) is 0 Å². The molecule has 3 saturated carbocycles. The zero-order valence-corrected chi connectivity index (χ0v) is 11.5. The van der Waals surface area contributed by atoms with Crippen molar-refractivity contribution in [3.05, 3.63) is 0 Å². The van der Waals surface area contributed by atoms with E-state index in [0.717, 1.165) is 25.7 Å². The van der Waals surface area contributed by atoms with Gasteiger partial charge in [0.15, 0.2) is 0 Å². The highest BCUT2D eigenvalue weighted by molar-refractivity contribution is 6.51. The van der Waals surface area contributed by atoms with E-state index in [1.165, 1.54) is 0 Å². The summed E-state index contributed by atoms with van der Waals surface area (Å²) in [7, 11) is 0. The Morgan fingerprint density at radius 1 is 1.18 bits per heavy atom. The maximum absolute atomic E-state index is 11.7. The molecule has 3 aliphatic carbocycles. The van der Waals surface area contributed by atoms with E-state index >= 15 is 0 Å². The number of carbonyl (C=O) groups is 1. The molecule has 0 aliphatic heterocycles. The Kier molecular flexibility index (Phi) is 2.87. The van der Waals surface area contributed by atoms with Gasteiger partial charge >= 0.3 is 5.97 Å². The summed E-state index contributed by atoms with van der Waals surface area (Å²) in [5, 5.41) is 0. The van der Waals surface area contributed by atoms with Crippen LogP contribution in [0.3, 0.4) is 0 Å². The maximum Gasteiger partial charge on any atom is 0.309 e. The standard InChI is InChI=1S/C13H18Cl2O2/c1-2-17-12(16)11-7-3-5-9-10(13(9,14)15)6-4-8(7)11/h7-11H,2-6H2,1H3. The molecule has 0 aromatic rings. The van der Waals surface area contributed by atoms with Gasteiger partial charge in [0, 0.05) is 0 Å². The van der Waals surface area contributed by atoms with E-state index in [9.17, 15) is 4.79 Å². The average molecular weight is 277 g/mol. The molecular weight excluding hydrogens is 259 g/mol. The van der Waals surface area contributed by atoms with Crippen LogP contribution in [0.25, 0.3) is 0 Å². The van der Waals surface area contributed by atoms with Gasteiger partial charge in [0.05, 0.1) is 12.5 Å². The molecule has 0 radical (unpaired) electrons. The summed E-state index contributed by atoms with van der Waals surface area (Å²) in [4.78, 5) is 11.7. The number of esters is 1. The smallest absolute Gasteiger partial charge is 0.309 e. The molecule has 0 heterocycles. The molecule has 0 saturated heterocycles. The van der Waals surface area contributed by atoms with Crippen LogP contribution < -0.4 is 0 Å². The highest BCUT2D eigenvalue weighted by Gasteiger charge is 2.65. The normalized spacial score (nSPS) is 45.9. The first-order chi connectivity index (χ1) is 8.07. The predicted molar refractivity (Wildman–Crippen MR) is 67.0 cm³/mol. The minimum absolute atomic E-state index is 0.0149. The van der Waals surface area contributed by atoms with Crippen molar-refractivity contribution in [2.75, 3.05) is 6.61 Å². The van der Waals surface area contributed by atoms with E-state index in [-0.39, 0.29) is 11.9 Å². The molecule has 0 aromatic heterocycles. The largest absolute Gasteiger partial charge is 0.466 e. The fourth-order valence-electron chi connectivity index (χ4n) is 3.81. The lowest BCUT2D eigenvalue weighted by Crippen LogP contribution is -2.08. The second kappa shape index (κ2) is 4.03. The molecule has 3 fully saturated rings. The molecular formula is C13H18Cl2O2. The van der Waals surface area contributed by atoms with E-state index in [1.807, 2.05) is 6.92 Å². The Morgan fingerprint density at radius 2 is 1.71 bits per heavy atom. The van der Waals surface area contributed by atoms with Crippen molar-refractivity contribution >= 4 is 29.2 Å². The lowest BCUT2D eigenvalue weighted by molar-refractivity contribution is -0.145. The van der Waals surface area contributed by atoms with Gasteiger partial charge in [0.2, 0.25) is 0 Å². The SMILES string of the molecule is CCOC(=O)C1C2CCC3C(CCC21)C3(Cl)Cl. The zero-order chi connectivity index (χ0) is 12.2. The molecule has 0 amide bonds. The number of carbonyl (C=O) groups excluding carboxylic acids is 1. The highest BCUT2D eigenvalue weighted by atomic mass is 35.5. The van der Waals surface area contributed by atoms with Crippen molar-refractivity contribution in [2.45, 2.75) is 36.9 Å². The van der Waals surface area contributed by atoms with Crippen LogP contribution in [0.4, 0.5) is 0 Å². The van der Waals surface area contributed by atoms with Crippen molar-refractivity contribution in [1.29, 1.82) is 0 Å². The van der Waals surface area contributed by atoms with Crippen LogP contribution in [0.15, 0.2) is 0 Å². The fourth-order valence-corrected chi connectivity index (χ4v) is 4.73. The summed E-state index contributed by atoms with van der Waals surface area (Å²) in [6.07, 6.45) is 4.34. The summed E-state index contributed by atoms with van der Waals surface area (Å²) in [6.45, 7) is 2.36. The topological polar surface area (TPSA) is 26.3 Å². The monoisotopic (exact) mass is 276 g/mol. The molecule has 3 rings (SSSR count). The molecule has 0 bridgehead atoms. The lowest BCUT2D eigenvalue weighted by atomic mass is 10.0. The van der Waals surface area contributed by atoms with Gasteiger partial charge in [-0.05, 0) is 56.3 Å². The number of ether oxygens (including phenoxy) is 1. The minimum Gasteiger partial charge on any atom is -0.466 e. The van der Waals surface area contributed by atoms with Crippen LogP contribution >= 0.6 is 23.2 Å². The molecule has 0 N–H and O–H groups in total. The first-order valence-corrected chi connectivity index (χ1v) is 7.37. The van der Waals surface area contributed by atoms with E-state index in [4.69, 9.17) is 27.9 Å². The summed E-state index contributed by atoms with van der Waals surface area (Å²) in [6, 6.07) is 0. The molecule has 4 atom stereocenters. The van der Waals surface area contributed by atoms with E-state index in [1.54, 1.807) is 0 Å². The fraction of sp³-hybridized carbons (Fsp3) is 0.923. The van der Waals surface area contributed by atoms with Gasteiger partial charge < -0.3 is 4.74 Å². The quantitative estimate of drug-likeness (QED) is 0.571. The molecule has 0 spiro atoms. The highest BCUT2D eigenvalue weighted by Crippen LogP contribution is 2.67. The first kappa shape index (κ1) is 12.1. The van der Waals surface area contributed by atoms with Crippen molar-refractivity contribution in [1.82, 2.24) is 0 Å². The predicted octanol–water partition coefficient (Wildman–Crippen LogP) is 3.41.